The lowest BCUT2D eigenvalue weighted by Crippen LogP contribution is -2.22. The minimum Gasteiger partial charge on any atom is -0.505 e. The van der Waals surface area contributed by atoms with Gasteiger partial charge in [0, 0.05) is 6.42 Å². The van der Waals surface area contributed by atoms with Gasteiger partial charge in [0.05, 0.1) is 19.8 Å². The molecule has 0 aromatic heterocycles. The summed E-state index contributed by atoms with van der Waals surface area (Å²) in [5.41, 5.74) is -0.527. The number of methoxy groups -OCH3 is 1. The number of carbonyl (C=O) groups excluding carboxylic acids is 1. The highest BCUT2D eigenvalue weighted by Crippen LogP contribution is 2.26. The number of esters is 1. The first-order chi connectivity index (χ1) is 7.89. The third-order valence-electron chi connectivity index (χ3n) is 2.24. The molecule has 17 heavy (non-hydrogen) atoms. The van der Waals surface area contributed by atoms with Gasteiger partial charge in [-0.3, -0.25) is 0 Å². The largest absolute Gasteiger partial charge is 0.505 e. The fourth-order valence-corrected chi connectivity index (χ4v) is 1.49. The number of ether oxygens (including phenoxy) is 3. The Kier molecular flexibility index (Phi) is 4.04. The minimum atomic E-state index is -0.914. The summed E-state index contributed by atoms with van der Waals surface area (Å²) in [6, 6.07) is 0. The van der Waals surface area contributed by atoms with Crippen LogP contribution in [0.5, 0.6) is 0 Å². The number of hydrogen-bond acceptors (Lipinski definition) is 6. The van der Waals surface area contributed by atoms with Crippen LogP contribution in [0.15, 0.2) is 11.5 Å². The van der Waals surface area contributed by atoms with E-state index in [0.717, 1.165) is 7.11 Å². The molecule has 0 amide bonds. The molecule has 1 saturated heterocycles. The first-order valence-corrected chi connectivity index (χ1v) is 5.07. The second-order valence-corrected chi connectivity index (χ2v) is 4.04. The maximum atomic E-state index is 11.1. The molecular formula is C10H15N2O5+. The molecule has 1 N–H and O–H groups in total. The summed E-state index contributed by atoms with van der Waals surface area (Å²) in [4.78, 5) is 13.8. The zero-order valence-corrected chi connectivity index (χ0v) is 9.97. The molecule has 7 nitrogen and oxygen atoms in total. The maximum absolute atomic E-state index is 11.1. The second kappa shape index (κ2) is 5.12. The van der Waals surface area contributed by atoms with Gasteiger partial charge in [0.15, 0.2) is 16.5 Å². The molecule has 7 heteroatoms. The lowest BCUT2D eigenvalue weighted by molar-refractivity contribution is -0.138. The van der Waals surface area contributed by atoms with Crippen molar-refractivity contribution in [3.63, 3.8) is 0 Å². The lowest BCUT2D eigenvalue weighted by Gasteiger charge is -2.16. The summed E-state index contributed by atoms with van der Waals surface area (Å²) >= 11 is 0. The molecule has 0 spiro atoms. The summed E-state index contributed by atoms with van der Waals surface area (Å²) in [6.45, 7) is 3.77. The molecule has 0 radical (unpaired) electrons. The third-order valence-corrected chi connectivity index (χ3v) is 2.24. The Labute approximate surface area is 98.6 Å². The van der Waals surface area contributed by atoms with Crippen molar-refractivity contribution in [2.24, 2.45) is 0 Å². The number of rotatable bonds is 3. The molecule has 1 atom stereocenters. The van der Waals surface area contributed by atoms with E-state index in [2.05, 4.69) is 9.71 Å². The summed E-state index contributed by atoms with van der Waals surface area (Å²) in [5.74, 6) is -2.03. The SMILES string of the molecule is COC(=O)/C([N+]#N)=C(\O)C[C@H]1COC(C)(C)O1. The number of nitrogens with zero attached hydrogens (tertiary/aromatic N) is 2. The van der Waals surface area contributed by atoms with Crippen LogP contribution < -0.4 is 0 Å². The van der Waals surface area contributed by atoms with Crippen LogP contribution in [0.3, 0.4) is 0 Å². The van der Waals surface area contributed by atoms with E-state index in [9.17, 15) is 9.90 Å². The van der Waals surface area contributed by atoms with Gasteiger partial charge in [0.1, 0.15) is 0 Å². The molecule has 1 aliphatic heterocycles. The normalized spacial score (nSPS) is 23.8. The number of diazo groups is 1. The van der Waals surface area contributed by atoms with E-state index in [4.69, 9.17) is 14.9 Å². The fourth-order valence-electron chi connectivity index (χ4n) is 1.49. The van der Waals surface area contributed by atoms with Crippen LogP contribution in [-0.4, -0.2) is 36.7 Å². The topological polar surface area (TPSA) is 93.1 Å². The standard InChI is InChI=1S/C10H14N2O5/c1-10(2)16-5-6(17-10)4-7(13)8(12-11)9(14)15-3/h6H,4-5H2,1-3H3/p+1/t6-/m0/s1. The van der Waals surface area contributed by atoms with Crippen LogP contribution in [0.2, 0.25) is 0 Å². The van der Waals surface area contributed by atoms with Crippen LogP contribution >= 0.6 is 0 Å². The molecular weight excluding hydrogens is 228 g/mol. The second-order valence-electron chi connectivity index (χ2n) is 4.04. The summed E-state index contributed by atoms with van der Waals surface area (Å²) < 4.78 is 15.1. The first kappa shape index (κ1) is 13.4. The van der Waals surface area contributed by atoms with Gasteiger partial charge in [0.2, 0.25) is 5.39 Å². The van der Waals surface area contributed by atoms with Crippen molar-refractivity contribution in [3.8, 4) is 0 Å². The van der Waals surface area contributed by atoms with Gasteiger partial charge in [-0.05, 0) is 13.8 Å². The maximum Gasteiger partial charge on any atom is 0.505 e. The summed E-state index contributed by atoms with van der Waals surface area (Å²) in [7, 11) is 1.12. The zero-order chi connectivity index (χ0) is 13.1. The molecule has 0 bridgehead atoms. The Balaban J connectivity index is 2.71. The van der Waals surface area contributed by atoms with E-state index in [0.29, 0.717) is 0 Å². The number of aliphatic hydroxyl groups excluding tert-OH is 1. The van der Waals surface area contributed by atoms with Gasteiger partial charge in [-0.1, -0.05) is 0 Å². The Morgan fingerprint density at radius 1 is 1.65 bits per heavy atom. The fraction of sp³-hybridized carbons (Fsp3) is 0.700. The summed E-state index contributed by atoms with van der Waals surface area (Å²) in [5, 5.41) is 18.2. The van der Waals surface area contributed by atoms with E-state index < -0.39 is 29.3 Å². The average Bonchev–Trinajstić information content (AvgIpc) is 2.58. The van der Waals surface area contributed by atoms with E-state index >= 15 is 0 Å². The van der Waals surface area contributed by atoms with Gasteiger partial charge < -0.3 is 19.3 Å². The Morgan fingerprint density at radius 2 is 2.29 bits per heavy atom. The zero-order valence-electron chi connectivity index (χ0n) is 9.97. The van der Waals surface area contributed by atoms with E-state index in [1.165, 1.54) is 0 Å². The molecule has 1 aliphatic rings. The minimum absolute atomic E-state index is 0.0118. The molecule has 0 aromatic carbocycles. The van der Waals surface area contributed by atoms with Gasteiger partial charge in [0.25, 0.3) is 0 Å². The van der Waals surface area contributed by atoms with Gasteiger partial charge >= 0.3 is 11.7 Å². The van der Waals surface area contributed by atoms with Crippen molar-refractivity contribution < 1.29 is 24.1 Å². The van der Waals surface area contributed by atoms with Crippen molar-refractivity contribution in [2.45, 2.75) is 32.2 Å². The van der Waals surface area contributed by atoms with Crippen molar-refractivity contribution in [2.75, 3.05) is 13.7 Å². The van der Waals surface area contributed by atoms with Crippen LogP contribution in [0, 0.1) is 5.39 Å². The Bertz CT molecular complexity index is 383. The van der Waals surface area contributed by atoms with E-state index in [-0.39, 0.29) is 13.0 Å². The molecule has 0 aromatic rings. The predicted molar refractivity (Wildman–Crippen MR) is 56.3 cm³/mol. The van der Waals surface area contributed by atoms with E-state index in [1.807, 2.05) is 0 Å². The number of carbonyl (C=O) groups is 1. The van der Waals surface area contributed by atoms with Crippen molar-refractivity contribution in [1.29, 1.82) is 5.39 Å². The van der Waals surface area contributed by atoms with Crippen molar-refractivity contribution >= 4 is 5.97 Å². The quantitative estimate of drug-likeness (QED) is 0.348. The molecule has 0 unspecified atom stereocenters. The highest BCUT2D eigenvalue weighted by molar-refractivity contribution is 5.90. The number of aliphatic hydroxyl groups is 1. The first-order valence-electron chi connectivity index (χ1n) is 5.07. The molecule has 1 heterocycles. The molecule has 1 fully saturated rings. The third kappa shape index (κ3) is 3.41. The van der Waals surface area contributed by atoms with Crippen LogP contribution in [0.25, 0.3) is 4.98 Å². The molecule has 1 rings (SSSR count). The van der Waals surface area contributed by atoms with Gasteiger partial charge in [-0.15, -0.1) is 0 Å². The Morgan fingerprint density at radius 3 is 2.71 bits per heavy atom. The van der Waals surface area contributed by atoms with Crippen LogP contribution in [0.4, 0.5) is 0 Å². The van der Waals surface area contributed by atoms with Gasteiger partial charge in [-0.2, -0.15) is 0 Å². The summed E-state index contributed by atoms with van der Waals surface area (Å²) in [6.07, 6.45) is -0.385. The van der Waals surface area contributed by atoms with Crippen LogP contribution in [0.1, 0.15) is 20.3 Å². The van der Waals surface area contributed by atoms with Gasteiger partial charge in [-0.25, -0.2) is 4.79 Å². The average molecular weight is 243 g/mol. The molecule has 0 aliphatic carbocycles. The lowest BCUT2D eigenvalue weighted by atomic mass is 10.2. The highest BCUT2D eigenvalue weighted by Gasteiger charge is 2.37. The predicted octanol–water partition coefficient (Wildman–Crippen LogP) is 1.32. The Hall–Kier alpha value is -1.65. The number of hydrogen-bond donors (Lipinski definition) is 1. The highest BCUT2D eigenvalue weighted by atomic mass is 16.7. The smallest absolute Gasteiger partial charge is 0.505 e. The van der Waals surface area contributed by atoms with Crippen molar-refractivity contribution in [1.82, 2.24) is 0 Å². The monoisotopic (exact) mass is 243 g/mol. The van der Waals surface area contributed by atoms with Crippen LogP contribution in [-0.2, 0) is 19.0 Å². The van der Waals surface area contributed by atoms with E-state index in [1.54, 1.807) is 13.8 Å². The molecule has 94 valence electrons. The van der Waals surface area contributed by atoms with Crippen molar-refractivity contribution in [3.05, 3.63) is 16.4 Å². The molecule has 0 saturated carbocycles.